The molecule has 0 radical (unpaired) electrons. The molecule has 0 saturated carbocycles. The molecule has 29 heavy (non-hydrogen) atoms. The Morgan fingerprint density at radius 1 is 1.14 bits per heavy atom. The summed E-state index contributed by atoms with van der Waals surface area (Å²) < 4.78 is 1.88. The molecule has 0 atom stereocenters. The second-order valence-electron chi connectivity index (χ2n) is 6.52. The smallest absolute Gasteiger partial charge is 0.243 e. The molecule has 9 heteroatoms. The molecule has 0 fully saturated rings. The lowest BCUT2D eigenvalue weighted by atomic mass is 10.1. The Balaban J connectivity index is 1.62. The first-order chi connectivity index (χ1) is 13.8. The predicted molar refractivity (Wildman–Crippen MR) is 115 cm³/mol. The highest BCUT2D eigenvalue weighted by atomic mass is 35.5. The Bertz CT molecular complexity index is 1100. The summed E-state index contributed by atoms with van der Waals surface area (Å²) >= 11 is 11.1. The van der Waals surface area contributed by atoms with Crippen LogP contribution in [0.4, 0.5) is 5.69 Å². The Morgan fingerprint density at radius 3 is 2.59 bits per heavy atom. The van der Waals surface area contributed by atoms with E-state index in [4.69, 9.17) is 23.8 Å². The molecule has 0 aliphatic carbocycles. The summed E-state index contributed by atoms with van der Waals surface area (Å²) in [7, 11) is 0. The molecule has 3 rings (SSSR count). The zero-order valence-corrected chi connectivity index (χ0v) is 17.5. The Labute approximate surface area is 178 Å². The van der Waals surface area contributed by atoms with Gasteiger partial charge in [-0.15, -0.1) is 0 Å². The SMILES string of the molecule is Cc1cccc(NC(=O)CNC(=O)Cn2c(-c3ccc(Cl)cc3)n[nH]c2=S)c1C. The number of nitrogens with one attached hydrogen (secondary N) is 3. The van der Waals surface area contributed by atoms with Crippen LogP contribution in [0.25, 0.3) is 11.4 Å². The fraction of sp³-hybridized carbons (Fsp3) is 0.200. The van der Waals surface area contributed by atoms with Gasteiger partial charge >= 0.3 is 0 Å². The van der Waals surface area contributed by atoms with E-state index in [9.17, 15) is 9.59 Å². The molecule has 3 N–H and O–H groups in total. The van der Waals surface area contributed by atoms with Gasteiger partial charge in [-0.25, -0.2) is 0 Å². The average Bonchev–Trinajstić information content (AvgIpc) is 3.05. The van der Waals surface area contributed by atoms with Gasteiger partial charge in [0.1, 0.15) is 6.54 Å². The number of nitrogens with zero attached hydrogens (tertiary/aromatic N) is 2. The summed E-state index contributed by atoms with van der Waals surface area (Å²) in [4.78, 5) is 24.5. The molecule has 0 bridgehead atoms. The lowest BCUT2D eigenvalue weighted by molar-refractivity contribution is -0.124. The van der Waals surface area contributed by atoms with E-state index in [0.29, 0.717) is 15.6 Å². The predicted octanol–water partition coefficient (Wildman–Crippen LogP) is 3.63. The van der Waals surface area contributed by atoms with Crippen molar-refractivity contribution in [3.05, 3.63) is 63.4 Å². The monoisotopic (exact) mass is 429 g/mol. The van der Waals surface area contributed by atoms with Gasteiger partial charge in [-0.3, -0.25) is 19.3 Å². The molecule has 2 aromatic carbocycles. The van der Waals surface area contributed by atoms with Crippen LogP contribution in [0.5, 0.6) is 0 Å². The molecular weight excluding hydrogens is 410 g/mol. The summed E-state index contributed by atoms with van der Waals surface area (Å²) in [5, 5.41) is 12.9. The first-order valence-corrected chi connectivity index (χ1v) is 9.67. The van der Waals surface area contributed by atoms with Crippen molar-refractivity contribution in [1.29, 1.82) is 0 Å². The van der Waals surface area contributed by atoms with Crippen molar-refractivity contribution in [2.75, 3.05) is 11.9 Å². The fourth-order valence-corrected chi connectivity index (χ4v) is 3.07. The minimum absolute atomic E-state index is 0.0654. The molecule has 0 aliphatic rings. The summed E-state index contributed by atoms with van der Waals surface area (Å²) in [5.41, 5.74) is 3.56. The van der Waals surface area contributed by atoms with Gasteiger partial charge in [0.25, 0.3) is 0 Å². The molecule has 150 valence electrons. The highest BCUT2D eigenvalue weighted by molar-refractivity contribution is 7.71. The topological polar surface area (TPSA) is 91.8 Å². The third-order valence-corrected chi connectivity index (χ3v) is 5.05. The van der Waals surface area contributed by atoms with Crippen LogP contribution in [-0.2, 0) is 16.1 Å². The molecule has 1 aromatic heterocycles. The third kappa shape index (κ3) is 5.10. The largest absolute Gasteiger partial charge is 0.345 e. The van der Waals surface area contributed by atoms with E-state index >= 15 is 0 Å². The minimum atomic E-state index is -0.353. The maximum atomic E-state index is 12.4. The molecule has 0 spiro atoms. The molecule has 0 saturated heterocycles. The van der Waals surface area contributed by atoms with Crippen molar-refractivity contribution < 1.29 is 9.59 Å². The summed E-state index contributed by atoms with van der Waals surface area (Å²) in [6.07, 6.45) is 0. The van der Waals surface area contributed by atoms with E-state index in [1.54, 1.807) is 28.8 Å². The Hall–Kier alpha value is -2.97. The van der Waals surface area contributed by atoms with E-state index in [-0.39, 0.29) is 24.9 Å². The highest BCUT2D eigenvalue weighted by Crippen LogP contribution is 2.20. The lowest BCUT2D eigenvalue weighted by Crippen LogP contribution is -2.35. The Morgan fingerprint density at radius 2 is 1.86 bits per heavy atom. The number of anilines is 1. The number of hydrogen-bond acceptors (Lipinski definition) is 4. The third-order valence-electron chi connectivity index (χ3n) is 4.49. The maximum absolute atomic E-state index is 12.4. The zero-order chi connectivity index (χ0) is 21.0. The molecule has 3 aromatic rings. The van der Waals surface area contributed by atoms with Crippen LogP contribution in [0.1, 0.15) is 11.1 Å². The van der Waals surface area contributed by atoms with Gasteiger partial charge in [-0.1, -0.05) is 23.7 Å². The number of carbonyl (C=O) groups excluding carboxylic acids is 2. The van der Waals surface area contributed by atoms with Crippen LogP contribution >= 0.6 is 23.8 Å². The lowest BCUT2D eigenvalue weighted by Gasteiger charge is -2.11. The summed E-state index contributed by atoms with van der Waals surface area (Å²) in [5.74, 6) is -0.142. The van der Waals surface area contributed by atoms with Crippen molar-refractivity contribution in [3.8, 4) is 11.4 Å². The van der Waals surface area contributed by atoms with Gasteiger partial charge in [0.15, 0.2) is 10.6 Å². The van der Waals surface area contributed by atoms with Crippen LogP contribution in [0.15, 0.2) is 42.5 Å². The second kappa shape index (κ2) is 9.02. The minimum Gasteiger partial charge on any atom is -0.345 e. The van der Waals surface area contributed by atoms with Crippen molar-refractivity contribution in [3.63, 3.8) is 0 Å². The van der Waals surface area contributed by atoms with E-state index in [0.717, 1.165) is 22.4 Å². The number of amides is 2. The molecule has 7 nitrogen and oxygen atoms in total. The van der Waals surface area contributed by atoms with Crippen LogP contribution in [-0.4, -0.2) is 33.1 Å². The van der Waals surface area contributed by atoms with Gasteiger partial charge in [0, 0.05) is 16.3 Å². The maximum Gasteiger partial charge on any atom is 0.243 e. The number of benzene rings is 2. The zero-order valence-electron chi connectivity index (χ0n) is 16.0. The molecule has 2 amide bonds. The van der Waals surface area contributed by atoms with Crippen molar-refractivity contribution >= 4 is 41.3 Å². The fourth-order valence-electron chi connectivity index (χ4n) is 2.74. The molecule has 0 aliphatic heterocycles. The first-order valence-electron chi connectivity index (χ1n) is 8.89. The van der Waals surface area contributed by atoms with Gasteiger partial charge in [-0.05, 0) is 67.5 Å². The number of halogens is 1. The molecular formula is C20H20ClN5O2S. The number of H-pyrrole nitrogens is 1. The van der Waals surface area contributed by atoms with Gasteiger partial charge in [-0.2, -0.15) is 5.10 Å². The number of aromatic nitrogens is 3. The van der Waals surface area contributed by atoms with Gasteiger partial charge < -0.3 is 10.6 Å². The second-order valence-corrected chi connectivity index (χ2v) is 7.34. The Kier molecular flexibility index (Phi) is 6.46. The number of aryl methyl sites for hydroxylation is 1. The van der Waals surface area contributed by atoms with Crippen molar-refractivity contribution in [2.24, 2.45) is 0 Å². The number of hydrogen-bond donors (Lipinski definition) is 3. The number of aromatic amines is 1. The quantitative estimate of drug-likeness (QED) is 0.522. The van der Waals surface area contributed by atoms with E-state index < -0.39 is 0 Å². The normalized spacial score (nSPS) is 10.6. The van der Waals surface area contributed by atoms with E-state index in [1.165, 1.54) is 0 Å². The van der Waals surface area contributed by atoms with Crippen LogP contribution in [0.2, 0.25) is 5.02 Å². The van der Waals surface area contributed by atoms with Crippen molar-refractivity contribution in [1.82, 2.24) is 20.1 Å². The van der Waals surface area contributed by atoms with Gasteiger partial charge in [0.05, 0.1) is 6.54 Å². The first kappa shape index (κ1) is 20.8. The van der Waals surface area contributed by atoms with Crippen molar-refractivity contribution in [2.45, 2.75) is 20.4 Å². The summed E-state index contributed by atoms with van der Waals surface area (Å²) in [6, 6.07) is 12.7. The van der Waals surface area contributed by atoms with Crippen LogP contribution < -0.4 is 10.6 Å². The summed E-state index contributed by atoms with van der Waals surface area (Å²) in [6.45, 7) is 3.69. The van der Waals surface area contributed by atoms with Gasteiger partial charge in [0.2, 0.25) is 11.8 Å². The van der Waals surface area contributed by atoms with Crippen LogP contribution in [0.3, 0.4) is 0 Å². The average molecular weight is 430 g/mol. The van der Waals surface area contributed by atoms with Crippen LogP contribution in [0, 0.1) is 18.6 Å². The molecule has 0 unspecified atom stereocenters. The number of carbonyl (C=O) groups is 2. The number of rotatable bonds is 6. The molecule has 1 heterocycles. The van der Waals surface area contributed by atoms with E-state index in [2.05, 4.69) is 20.8 Å². The standard InChI is InChI=1S/C20H20ClN5O2S/c1-12-4-3-5-16(13(12)2)23-17(27)10-22-18(28)11-26-19(24-25-20(26)29)14-6-8-15(21)9-7-14/h3-9H,10-11H2,1-2H3,(H,22,28)(H,23,27)(H,25,29). The van der Waals surface area contributed by atoms with E-state index in [1.807, 2.05) is 32.0 Å². The highest BCUT2D eigenvalue weighted by Gasteiger charge is 2.13.